The fourth-order valence-corrected chi connectivity index (χ4v) is 2.60. The van der Waals surface area contributed by atoms with Crippen LogP contribution in [-0.2, 0) is 0 Å². The van der Waals surface area contributed by atoms with Crippen molar-refractivity contribution in [2.24, 2.45) is 11.0 Å². The van der Waals surface area contributed by atoms with Gasteiger partial charge in [-0.2, -0.15) is 18.3 Å². The molecule has 0 spiro atoms. The van der Waals surface area contributed by atoms with E-state index in [-0.39, 0.29) is 18.4 Å². The van der Waals surface area contributed by atoms with E-state index in [1.807, 2.05) is 18.2 Å². The molecule has 3 rings (SSSR count). The van der Waals surface area contributed by atoms with E-state index in [4.69, 9.17) is 0 Å². The summed E-state index contributed by atoms with van der Waals surface area (Å²) in [5.74, 6) is -0.295. The predicted octanol–water partition coefficient (Wildman–Crippen LogP) is 3.27. The molecule has 1 aliphatic heterocycles. The molecular formula is C14H13F3N2. The highest BCUT2D eigenvalue weighted by Gasteiger charge is 2.38. The monoisotopic (exact) mass is 266 g/mol. The molecule has 2 nitrogen and oxygen atoms in total. The van der Waals surface area contributed by atoms with Crippen LogP contribution in [0.2, 0.25) is 0 Å². The zero-order valence-electron chi connectivity index (χ0n) is 10.1. The molecule has 0 fully saturated rings. The quantitative estimate of drug-likeness (QED) is 0.774. The third-order valence-electron chi connectivity index (χ3n) is 3.59. The minimum absolute atomic E-state index is 0.0334. The van der Waals surface area contributed by atoms with Gasteiger partial charge in [-0.3, -0.25) is 0 Å². The van der Waals surface area contributed by atoms with Crippen molar-refractivity contribution >= 4 is 5.71 Å². The van der Waals surface area contributed by atoms with Crippen molar-refractivity contribution in [3.8, 4) is 0 Å². The van der Waals surface area contributed by atoms with Gasteiger partial charge in [0.1, 0.15) is 0 Å². The average Bonchev–Trinajstić information content (AvgIpc) is 2.82. The van der Waals surface area contributed by atoms with Gasteiger partial charge in [0, 0.05) is 17.1 Å². The van der Waals surface area contributed by atoms with Gasteiger partial charge >= 0.3 is 6.18 Å². The van der Waals surface area contributed by atoms with Crippen LogP contribution >= 0.6 is 0 Å². The third-order valence-corrected chi connectivity index (χ3v) is 3.59. The van der Waals surface area contributed by atoms with Crippen LogP contribution in [0.1, 0.15) is 12.8 Å². The molecule has 5 heteroatoms. The molecule has 0 bridgehead atoms. The lowest BCUT2D eigenvalue weighted by Gasteiger charge is -2.22. The predicted molar refractivity (Wildman–Crippen MR) is 67.6 cm³/mol. The van der Waals surface area contributed by atoms with Crippen molar-refractivity contribution in [1.29, 1.82) is 0 Å². The SMILES string of the molecule is FC(F)(F)C1=CC=CC(C2=NNC3CC=CC=C23)C1. The Morgan fingerprint density at radius 1 is 1.21 bits per heavy atom. The van der Waals surface area contributed by atoms with Gasteiger partial charge in [0.15, 0.2) is 0 Å². The van der Waals surface area contributed by atoms with E-state index >= 15 is 0 Å². The van der Waals surface area contributed by atoms with E-state index in [0.717, 1.165) is 23.8 Å². The number of nitrogens with one attached hydrogen (secondary N) is 1. The van der Waals surface area contributed by atoms with Crippen molar-refractivity contribution in [2.45, 2.75) is 25.1 Å². The van der Waals surface area contributed by atoms with Gasteiger partial charge in [-0.15, -0.1) is 0 Å². The van der Waals surface area contributed by atoms with E-state index in [2.05, 4.69) is 10.5 Å². The highest BCUT2D eigenvalue weighted by molar-refractivity contribution is 6.05. The normalized spacial score (nSPS) is 29.3. The Bertz CT molecular complexity index is 535. The number of alkyl halides is 3. The summed E-state index contributed by atoms with van der Waals surface area (Å²) in [4.78, 5) is 0. The molecule has 0 amide bonds. The lowest BCUT2D eigenvalue weighted by molar-refractivity contribution is -0.0945. The van der Waals surface area contributed by atoms with Gasteiger partial charge in [-0.05, 0) is 12.8 Å². The summed E-state index contributed by atoms with van der Waals surface area (Å²) < 4.78 is 38.3. The molecule has 1 N–H and O–H groups in total. The van der Waals surface area contributed by atoms with Crippen LogP contribution in [0.15, 0.2) is 52.7 Å². The fourth-order valence-electron chi connectivity index (χ4n) is 2.60. The van der Waals surface area contributed by atoms with Gasteiger partial charge in [-0.1, -0.05) is 36.5 Å². The van der Waals surface area contributed by atoms with Crippen LogP contribution in [0, 0.1) is 5.92 Å². The first kappa shape index (κ1) is 12.3. The second kappa shape index (κ2) is 4.40. The number of hydrogen-bond donors (Lipinski definition) is 1. The summed E-state index contributed by atoms with van der Waals surface area (Å²) in [6.07, 6.45) is 6.85. The van der Waals surface area contributed by atoms with Gasteiger partial charge in [0.05, 0.1) is 11.8 Å². The highest BCUT2D eigenvalue weighted by Crippen LogP contribution is 2.36. The molecule has 1 heterocycles. The first-order chi connectivity index (χ1) is 9.05. The van der Waals surface area contributed by atoms with Crippen LogP contribution < -0.4 is 5.43 Å². The lowest BCUT2D eigenvalue weighted by atomic mass is 9.84. The van der Waals surface area contributed by atoms with Crippen molar-refractivity contribution in [3.05, 3.63) is 47.6 Å². The molecule has 2 aliphatic carbocycles. The summed E-state index contributed by atoms with van der Waals surface area (Å²) in [5.41, 5.74) is 4.26. The first-order valence-electron chi connectivity index (χ1n) is 6.20. The van der Waals surface area contributed by atoms with Crippen molar-refractivity contribution in [3.63, 3.8) is 0 Å². The zero-order chi connectivity index (χ0) is 13.5. The van der Waals surface area contributed by atoms with Crippen LogP contribution in [-0.4, -0.2) is 17.9 Å². The lowest BCUT2D eigenvalue weighted by Crippen LogP contribution is -2.26. The second-order valence-electron chi connectivity index (χ2n) is 4.85. The number of hydrazone groups is 1. The Morgan fingerprint density at radius 3 is 2.84 bits per heavy atom. The summed E-state index contributed by atoms with van der Waals surface area (Å²) >= 11 is 0. The second-order valence-corrected chi connectivity index (χ2v) is 4.85. The Morgan fingerprint density at radius 2 is 2.05 bits per heavy atom. The molecule has 0 aromatic heterocycles. The standard InChI is InChI=1S/C14H13F3N2/c15-14(16,17)10-5-3-4-9(8-10)13-11-6-1-2-7-12(11)18-19-13/h1-6,9,12,18H,7-8H2. The zero-order valence-corrected chi connectivity index (χ0v) is 10.1. The van der Waals surface area contributed by atoms with E-state index in [1.165, 1.54) is 6.08 Å². The number of rotatable bonds is 1. The van der Waals surface area contributed by atoms with Gasteiger partial charge in [-0.25, -0.2) is 0 Å². The van der Waals surface area contributed by atoms with Crippen molar-refractivity contribution in [1.82, 2.24) is 5.43 Å². The topological polar surface area (TPSA) is 24.4 Å². The van der Waals surface area contributed by atoms with Crippen LogP contribution in [0.5, 0.6) is 0 Å². The van der Waals surface area contributed by atoms with E-state index in [0.29, 0.717) is 0 Å². The maximum Gasteiger partial charge on any atom is 0.412 e. The number of nitrogens with zero attached hydrogens (tertiary/aromatic N) is 1. The number of halogens is 3. The molecule has 0 aromatic rings. The van der Waals surface area contributed by atoms with Gasteiger partial charge < -0.3 is 5.43 Å². The maximum absolute atomic E-state index is 12.8. The van der Waals surface area contributed by atoms with E-state index in [1.54, 1.807) is 6.08 Å². The number of allylic oxidation sites excluding steroid dienone is 6. The molecule has 3 aliphatic rings. The van der Waals surface area contributed by atoms with E-state index in [9.17, 15) is 13.2 Å². The number of hydrogen-bond acceptors (Lipinski definition) is 2. The molecule has 2 unspecified atom stereocenters. The Labute approximate surface area is 109 Å². The molecular weight excluding hydrogens is 253 g/mol. The van der Waals surface area contributed by atoms with Crippen molar-refractivity contribution in [2.75, 3.05) is 0 Å². The Balaban J connectivity index is 1.82. The average molecular weight is 266 g/mol. The van der Waals surface area contributed by atoms with Gasteiger partial charge in [0.25, 0.3) is 0 Å². The minimum Gasteiger partial charge on any atom is -0.302 e. The summed E-state index contributed by atoms with van der Waals surface area (Å²) in [6, 6.07) is 0.119. The molecule has 2 atom stereocenters. The van der Waals surface area contributed by atoms with Crippen molar-refractivity contribution < 1.29 is 13.2 Å². The molecule has 100 valence electrons. The van der Waals surface area contributed by atoms with Gasteiger partial charge in [0.2, 0.25) is 0 Å². The van der Waals surface area contributed by atoms with Crippen LogP contribution in [0.25, 0.3) is 0 Å². The molecule has 0 radical (unpaired) electrons. The summed E-state index contributed by atoms with van der Waals surface area (Å²) in [5, 5.41) is 4.23. The fraction of sp³-hybridized carbons (Fsp3) is 0.357. The van der Waals surface area contributed by atoms with E-state index < -0.39 is 11.7 Å². The Hall–Kier alpha value is -1.78. The maximum atomic E-state index is 12.8. The number of fused-ring (bicyclic) bond motifs is 1. The Kier molecular flexibility index (Phi) is 2.84. The molecule has 19 heavy (non-hydrogen) atoms. The largest absolute Gasteiger partial charge is 0.412 e. The molecule has 0 saturated carbocycles. The smallest absolute Gasteiger partial charge is 0.302 e. The highest BCUT2D eigenvalue weighted by atomic mass is 19.4. The van der Waals surface area contributed by atoms with Crippen LogP contribution in [0.4, 0.5) is 13.2 Å². The summed E-state index contributed by atoms with van der Waals surface area (Å²) in [7, 11) is 0. The first-order valence-corrected chi connectivity index (χ1v) is 6.20. The molecule has 0 saturated heterocycles. The minimum atomic E-state index is -4.25. The summed E-state index contributed by atoms with van der Waals surface area (Å²) in [6.45, 7) is 0. The van der Waals surface area contributed by atoms with Crippen LogP contribution in [0.3, 0.4) is 0 Å². The third kappa shape index (κ3) is 2.25. The molecule has 0 aromatic carbocycles.